The summed E-state index contributed by atoms with van der Waals surface area (Å²) < 4.78 is 16.4. The molecule has 1 N–H and O–H groups in total. The third kappa shape index (κ3) is 3.87. The van der Waals surface area contributed by atoms with Crippen molar-refractivity contribution in [3.63, 3.8) is 0 Å². The molecule has 2 aromatic rings. The Morgan fingerprint density at radius 3 is 2.71 bits per heavy atom. The van der Waals surface area contributed by atoms with Gasteiger partial charge in [-0.05, 0) is 62.8 Å². The van der Waals surface area contributed by atoms with Crippen molar-refractivity contribution < 1.29 is 9.18 Å². The van der Waals surface area contributed by atoms with Crippen molar-refractivity contribution in [3.05, 3.63) is 52.9 Å². The summed E-state index contributed by atoms with van der Waals surface area (Å²) in [4.78, 5) is 21.5. The van der Waals surface area contributed by atoms with E-state index in [0.29, 0.717) is 36.5 Å². The van der Waals surface area contributed by atoms with Gasteiger partial charge in [-0.25, -0.2) is 9.37 Å². The maximum Gasteiger partial charge on any atom is 0.219 e. The zero-order chi connectivity index (χ0) is 23.4. The Bertz CT molecular complexity index is 1070. The van der Waals surface area contributed by atoms with Crippen LogP contribution in [0.2, 0.25) is 0 Å². The quantitative estimate of drug-likeness (QED) is 0.752. The number of halogens is 1. The number of nitrogens with zero attached hydrogens (tertiary/aromatic N) is 4. The molecule has 5 heterocycles. The predicted molar refractivity (Wildman–Crippen MR) is 129 cm³/mol. The van der Waals surface area contributed by atoms with Crippen molar-refractivity contribution in [2.24, 2.45) is 5.92 Å². The molecule has 1 aromatic carbocycles. The molecule has 2 unspecified atom stereocenters. The van der Waals surface area contributed by atoms with E-state index in [1.54, 1.807) is 19.1 Å². The van der Waals surface area contributed by atoms with E-state index in [9.17, 15) is 9.18 Å². The molecule has 0 aliphatic carbocycles. The smallest absolute Gasteiger partial charge is 0.219 e. The molecule has 0 saturated carbocycles. The molecule has 0 radical (unpaired) electrons. The van der Waals surface area contributed by atoms with Crippen LogP contribution < -0.4 is 5.32 Å². The van der Waals surface area contributed by atoms with Gasteiger partial charge in [0.1, 0.15) is 11.6 Å². The molecule has 4 aliphatic rings. The van der Waals surface area contributed by atoms with E-state index < -0.39 is 0 Å². The summed E-state index contributed by atoms with van der Waals surface area (Å²) in [5.74, 6) is 2.04. The summed E-state index contributed by atoms with van der Waals surface area (Å²) in [6.45, 7) is 8.30. The van der Waals surface area contributed by atoms with Crippen molar-refractivity contribution in [2.45, 2.75) is 76.5 Å². The van der Waals surface area contributed by atoms with E-state index in [-0.39, 0.29) is 11.7 Å². The number of benzene rings is 1. The fourth-order valence-electron chi connectivity index (χ4n) is 7.37. The summed E-state index contributed by atoms with van der Waals surface area (Å²) in [6.07, 6.45) is 5.83. The second-order valence-corrected chi connectivity index (χ2v) is 10.9. The van der Waals surface area contributed by atoms with Crippen LogP contribution in [0, 0.1) is 18.7 Å². The zero-order valence-corrected chi connectivity index (χ0v) is 20.3. The Balaban J connectivity index is 1.17. The first-order valence-electron chi connectivity index (χ1n) is 13.0. The van der Waals surface area contributed by atoms with E-state index in [0.717, 1.165) is 49.7 Å². The van der Waals surface area contributed by atoms with Crippen LogP contribution in [0.4, 0.5) is 4.39 Å². The summed E-state index contributed by atoms with van der Waals surface area (Å²) in [6, 6.07) is 8.95. The predicted octanol–water partition coefficient (Wildman–Crippen LogP) is 3.41. The van der Waals surface area contributed by atoms with E-state index in [2.05, 4.69) is 27.8 Å². The van der Waals surface area contributed by atoms with Crippen LogP contribution in [0.1, 0.15) is 67.3 Å². The fourth-order valence-corrected chi connectivity index (χ4v) is 7.37. The molecule has 4 atom stereocenters. The molecule has 34 heavy (non-hydrogen) atoms. The minimum atomic E-state index is -0.130. The number of rotatable bonds is 4. The normalized spacial score (nSPS) is 31.1. The monoisotopic (exact) mass is 465 g/mol. The molecule has 6 rings (SSSR count). The summed E-state index contributed by atoms with van der Waals surface area (Å²) in [5, 5.41) is 3.57. The van der Waals surface area contributed by atoms with Gasteiger partial charge >= 0.3 is 0 Å². The van der Waals surface area contributed by atoms with Gasteiger partial charge in [-0.1, -0.05) is 12.1 Å². The standard InChI is InChI=1S/C27H36FN5O/c1-17-30-26-16-31(18(2)34)9-8-27(26)33(17)24-11-22-6-7-23(12-24)32(22)15-20-13-29-14-25(20)19-4-3-5-21(28)10-19/h3-5,10,20,22-25,29H,6-9,11-16H2,1-2H3/t20-,22?,23?,24?,25-/m1/s1. The maximum absolute atomic E-state index is 13.9. The minimum Gasteiger partial charge on any atom is -0.337 e. The van der Waals surface area contributed by atoms with Crippen molar-refractivity contribution in [1.82, 2.24) is 24.7 Å². The van der Waals surface area contributed by atoms with Crippen molar-refractivity contribution in [2.75, 3.05) is 26.2 Å². The molecule has 7 heteroatoms. The lowest BCUT2D eigenvalue weighted by Gasteiger charge is -2.42. The lowest BCUT2D eigenvalue weighted by Crippen LogP contribution is -2.47. The van der Waals surface area contributed by atoms with Gasteiger partial charge < -0.3 is 14.8 Å². The largest absolute Gasteiger partial charge is 0.337 e. The SMILES string of the molecule is CC(=O)N1CCc2c(nc(C)n2C2CC3CCC(C2)N3C[C@H]2CNC[C@@H]2c2cccc(F)c2)C1. The van der Waals surface area contributed by atoms with Gasteiger partial charge in [0.15, 0.2) is 0 Å². The molecule has 182 valence electrons. The number of hydrogen-bond acceptors (Lipinski definition) is 4. The first-order valence-corrected chi connectivity index (χ1v) is 13.0. The number of amides is 1. The van der Waals surface area contributed by atoms with Gasteiger partial charge in [0.25, 0.3) is 0 Å². The molecular weight excluding hydrogens is 429 g/mol. The number of fused-ring (bicyclic) bond motifs is 3. The van der Waals surface area contributed by atoms with Crippen LogP contribution in [-0.2, 0) is 17.8 Å². The van der Waals surface area contributed by atoms with E-state index in [1.165, 1.54) is 31.4 Å². The van der Waals surface area contributed by atoms with Crippen molar-refractivity contribution in [3.8, 4) is 0 Å². The minimum absolute atomic E-state index is 0.130. The molecule has 1 amide bonds. The Morgan fingerprint density at radius 1 is 1.18 bits per heavy atom. The third-order valence-corrected chi connectivity index (χ3v) is 8.96. The molecule has 1 aromatic heterocycles. The molecule has 3 saturated heterocycles. The van der Waals surface area contributed by atoms with E-state index in [4.69, 9.17) is 4.98 Å². The number of aryl methyl sites for hydroxylation is 1. The topological polar surface area (TPSA) is 53.4 Å². The lowest BCUT2D eigenvalue weighted by molar-refractivity contribution is -0.129. The van der Waals surface area contributed by atoms with Crippen LogP contribution in [0.25, 0.3) is 0 Å². The first kappa shape index (κ1) is 22.2. The number of hydrogen-bond donors (Lipinski definition) is 1. The number of aromatic nitrogens is 2. The first-order chi connectivity index (χ1) is 16.5. The van der Waals surface area contributed by atoms with Crippen LogP contribution in [0.15, 0.2) is 24.3 Å². The lowest BCUT2D eigenvalue weighted by atomic mass is 9.87. The average Bonchev–Trinajstić information content (AvgIpc) is 3.47. The summed E-state index contributed by atoms with van der Waals surface area (Å²) in [7, 11) is 0. The number of carbonyl (C=O) groups is 1. The van der Waals surface area contributed by atoms with Crippen molar-refractivity contribution >= 4 is 5.91 Å². The number of carbonyl (C=O) groups excluding carboxylic acids is 1. The zero-order valence-electron chi connectivity index (χ0n) is 20.3. The van der Waals surface area contributed by atoms with Crippen LogP contribution in [-0.4, -0.2) is 63.5 Å². The van der Waals surface area contributed by atoms with Crippen molar-refractivity contribution in [1.29, 1.82) is 0 Å². The third-order valence-electron chi connectivity index (χ3n) is 8.96. The maximum atomic E-state index is 13.9. The molecule has 6 nitrogen and oxygen atoms in total. The van der Waals surface area contributed by atoms with Gasteiger partial charge in [0.05, 0.1) is 12.2 Å². The van der Waals surface area contributed by atoms with Crippen LogP contribution in [0.3, 0.4) is 0 Å². The number of nitrogens with one attached hydrogen (secondary N) is 1. The number of imidazole rings is 1. The average molecular weight is 466 g/mol. The summed E-state index contributed by atoms with van der Waals surface area (Å²) >= 11 is 0. The van der Waals surface area contributed by atoms with Gasteiger partial charge in [0.2, 0.25) is 5.91 Å². The molecule has 2 bridgehead atoms. The van der Waals surface area contributed by atoms with Crippen LogP contribution >= 0.6 is 0 Å². The van der Waals surface area contributed by atoms with Crippen LogP contribution in [0.5, 0.6) is 0 Å². The Morgan fingerprint density at radius 2 is 1.97 bits per heavy atom. The van der Waals surface area contributed by atoms with E-state index in [1.807, 2.05) is 11.0 Å². The highest BCUT2D eigenvalue weighted by atomic mass is 19.1. The summed E-state index contributed by atoms with van der Waals surface area (Å²) in [5.41, 5.74) is 3.60. The Kier molecular flexibility index (Phi) is 5.72. The molecule has 0 spiro atoms. The number of piperidine rings is 1. The Labute approximate surface area is 201 Å². The van der Waals surface area contributed by atoms with Gasteiger partial charge in [-0.15, -0.1) is 0 Å². The molecular formula is C27H36FN5O. The highest BCUT2D eigenvalue weighted by Crippen LogP contribution is 2.44. The molecule has 4 aliphatic heterocycles. The highest BCUT2D eigenvalue weighted by molar-refractivity contribution is 5.73. The second-order valence-electron chi connectivity index (χ2n) is 10.9. The molecule has 3 fully saturated rings. The second kappa shape index (κ2) is 8.76. The van der Waals surface area contributed by atoms with Gasteiger partial charge in [-0.2, -0.15) is 0 Å². The highest BCUT2D eigenvalue weighted by Gasteiger charge is 2.44. The fraction of sp³-hybridized carbons (Fsp3) is 0.630. The van der Waals surface area contributed by atoms with Gasteiger partial charge in [0, 0.05) is 62.7 Å². The van der Waals surface area contributed by atoms with E-state index >= 15 is 0 Å². The van der Waals surface area contributed by atoms with Gasteiger partial charge in [-0.3, -0.25) is 9.69 Å². The Hall–Kier alpha value is -2.25.